The molecule has 0 amide bonds. The van der Waals surface area contributed by atoms with Crippen LogP contribution in [0.4, 0.5) is 0 Å². The molecule has 1 aromatic heterocycles. The number of hydrogen-bond acceptors (Lipinski definition) is 6. The Morgan fingerprint density at radius 3 is 2.78 bits per heavy atom. The van der Waals surface area contributed by atoms with Gasteiger partial charge in [0, 0.05) is 19.3 Å². The van der Waals surface area contributed by atoms with Crippen LogP contribution in [0.3, 0.4) is 0 Å². The largest absolute Gasteiger partial charge is 0.497 e. The Morgan fingerprint density at radius 2 is 2.04 bits per heavy atom. The fraction of sp³-hybridized carbons (Fsp3) is 0.474. The summed E-state index contributed by atoms with van der Waals surface area (Å²) >= 11 is 0. The number of benzene rings is 1. The van der Waals surface area contributed by atoms with E-state index in [0.29, 0.717) is 24.7 Å². The summed E-state index contributed by atoms with van der Waals surface area (Å²) < 4.78 is 39.2. The number of piperidine rings is 1. The topological polar surface area (TPSA) is 81.6 Å². The van der Waals surface area contributed by atoms with Crippen molar-refractivity contribution in [1.82, 2.24) is 14.3 Å². The average molecular weight is 389 g/mol. The van der Waals surface area contributed by atoms with Crippen LogP contribution in [0.5, 0.6) is 5.75 Å². The predicted octanol–water partition coefficient (Wildman–Crippen LogP) is 2.05. The first kappa shape index (κ1) is 18.3. The second kappa shape index (κ2) is 6.85. The van der Waals surface area contributed by atoms with E-state index >= 15 is 0 Å². The highest BCUT2D eigenvalue weighted by atomic mass is 32.2. The van der Waals surface area contributed by atoms with Gasteiger partial charge in [-0.15, -0.1) is 0 Å². The van der Waals surface area contributed by atoms with Crippen LogP contribution in [0.25, 0.3) is 0 Å². The molecule has 1 unspecified atom stereocenters. The lowest BCUT2D eigenvalue weighted by atomic mass is 9.85. The van der Waals surface area contributed by atoms with E-state index in [1.54, 1.807) is 31.4 Å². The molecule has 8 heteroatoms. The van der Waals surface area contributed by atoms with Crippen LogP contribution in [0.2, 0.25) is 0 Å². The van der Waals surface area contributed by atoms with E-state index in [1.165, 1.54) is 4.31 Å². The number of fused-ring (bicyclic) bond motifs is 2. The summed E-state index contributed by atoms with van der Waals surface area (Å²) in [5, 5.41) is 0. The van der Waals surface area contributed by atoms with Crippen LogP contribution in [0.1, 0.15) is 29.9 Å². The van der Waals surface area contributed by atoms with Crippen molar-refractivity contribution in [3.8, 4) is 5.75 Å². The third-order valence-electron chi connectivity index (χ3n) is 5.28. The number of ether oxygens (including phenoxy) is 2. The van der Waals surface area contributed by atoms with E-state index in [1.807, 2.05) is 13.1 Å². The molecule has 4 rings (SSSR count). The molecule has 27 heavy (non-hydrogen) atoms. The molecule has 0 N–H and O–H groups in total. The number of methoxy groups -OCH3 is 1. The molecule has 0 aliphatic carbocycles. The first-order valence-electron chi connectivity index (χ1n) is 9.06. The van der Waals surface area contributed by atoms with Crippen LogP contribution in [0.15, 0.2) is 35.4 Å². The molecule has 1 aromatic carbocycles. The molecule has 0 radical (unpaired) electrons. The maximum absolute atomic E-state index is 13.2. The van der Waals surface area contributed by atoms with Gasteiger partial charge in [0.2, 0.25) is 10.0 Å². The third-order valence-corrected chi connectivity index (χ3v) is 7.14. The predicted molar refractivity (Wildman–Crippen MR) is 99.1 cm³/mol. The van der Waals surface area contributed by atoms with E-state index in [9.17, 15) is 8.42 Å². The number of aryl methyl sites for hydroxylation is 1. The molecule has 1 fully saturated rings. The fourth-order valence-corrected chi connectivity index (χ4v) is 5.42. The van der Waals surface area contributed by atoms with Crippen molar-refractivity contribution >= 4 is 10.0 Å². The van der Waals surface area contributed by atoms with Crippen LogP contribution in [-0.2, 0) is 26.8 Å². The fourth-order valence-electron chi connectivity index (χ4n) is 3.89. The van der Waals surface area contributed by atoms with Crippen molar-refractivity contribution in [2.24, 2.45) is 0 Å². The zero-order valence-electron chi connectivity index (χ0n) is 15.5. The van der Waals surface area contributed by atoms with E-state index in [2.05, 4.69) is 9.97 Å². The molecule has 0 bridgehead atoms. The van der Waals surface area contributed by atoms with Gasteiger partial charge in [0.15, 0.2) is 0 Å². The van der Waals surface area contributed by atoms with Crippen molar-refractivity contribution in [3.63, 3.8) is 0 Å². The maximum Gasteiger partial charge on any atom is 0.243 e. The molecule has 1 spiro atoms. The average Bonchev–Trinajstić information content (AvgIpc) is 2.69. The van der Waals surface area contributed by atoms with E-state index in [4.69, 9.17) is 9.47 Å². The lowest BCUT2D eigenvalue weighted by molar-refractivity contribution is -0.0935. The van der Waals surface area contributed by atoms with Gasteiger partial charge in [-0.25, -0.2) is 18.4 Å². The maximum atomic E-state index is 13.2. The number of hydrogen-bond donors (Lipinski definition) is 0. The molecule has 1 atom stereocenters. The minimum absolute atomic E-state index is 0.259. The standard InChI is InChI=1S/C19H23N3O4S/c1-14-20-12-15-8-11-26-19(18(15)21-14)9-3-10-22(13-19)27(23,24)17-6-4-16(25-2)5-7-17/h4-7,12H,3,8-11,13H2,1-2H3. The van der Waals surface area contributed by atoms with Gasteiger partial charge in [0.1, 0.15) is 17.2 Å². The Hall–Kier alpha value is -2.03. The summed E-state index contributed by atoms with van der Waals surface area (Å²) in [5.74, 6) is 1.30. The Morgan fingerprint density at radius 1 is 1.26 bits per heavy atom. The van der Waals surface area contributed by atoms with Gasteiger partial charge in [-0.05, 0) is 56.0 Å². The molecule has 3 heterocycles. The lowest BCUT2D eigenvalue weighted by Gasteiger charge is -2.44. The van der Waals surface area contributed by atoms with Crippen molar-refractivity contribution in [2.45, 2.75) is 36.7 Å². The molecular formula is C19H23N3O4S. The quantitative estimate of drug-likeness (QED) is 0.799. The normalized spacial score (nSPS) is 23.2. The smallest absolute Gasteiger partial charge is 0.243 e. The SMILES string of the molecule is COc1ccc(S(=O)(=O)N2CCCC3(C2)OCCc2cnc(C)nc23)cc1. The molecule has 0 saturated carbocycles. The minimum atomic E-state index is -3.62. The number of nitrogens with zero attached hydrogens (tertiary/aromatic N) is 3. The minimum Gasteiger partial charge on any atom is -0.497 e. The van der Waals surface area contributed by atoms with Gasteiger partial charge < -0.3 is 9.47 Å². The summed E-state index contributed by atoms with van der Waals surface area (Å²) in [5.41, 5.74) is 1.20. The molecule has 2 aliphatic heterocycles. The highest BCUT2D eigenvalue weighted by Crippen LogP contribution is 2.40. The second-order valence-corrected chi connectivity index (χ2v) is 8.94. The van der Waals surface area contributed by atoms with Crippen molar-refractivity contribution in [3.05, 3.63) is 47.5 Å². The third kappa shape index (κ3) is 3.22. The highest BCUT2D eigenvalue weighted by molar-refractivity contribution is 7.89. The molecule has 2 aliphatic rings. The lowest BCUT2D eigenvalue weighted by Crippen LogP contribution is -2.52. The number of aromatic nitrogens is 2. The Kier molecular flexibility index (Phi) is 4.65. The van der Waals surface area contributed by atoms with Crippen molar-refractivity contribution < 1.29 is 17.9 Å². The van der Waals surface area contributed by atoms with Crippen LogP contribution in [0, 0.1) is 6.92 Å². The Bertz CT molecular complexity index is 946. The van der Waals surface area contributed by atoms with Crippen LogP contribution < -0.4 is 4.74 Å². The summed E-state index contributed by atoms with van der Waals surface area (Å²) in [6, 6.07) is 6.49. The molecule has 144 valence electrons. The zero-order chi connectivity index (χ0) is 19.1. The van der Waals surface area contributed by atoms with Gasteiger partial charge >= 0.3 is 0 Å². The molecule has 1 saturated heterocycles. The summed E-state index contributed by atoms with van der Waals surface area (Å²) in [7, 11) is -2.07. The molecule has 2 aromatic rings. The van der Waals surface area contributed by atoms with E-state index < -0.39 is 15.6 Å². The van der Waals surface area contributed by atoms with Gasteiger partial charge in [-0.3, -0.25) is 0 Å². The number of rotatable bonds is 3. The van der Waals surface area contributed by atoms with E-state index in [0.717, 1.165) is 30.5 Å². The summed E-state index contributed by atoms with van der Waals surface area (Å²) in [6.45, 7) is 3.14. The second-order valence-electron chi connectivity index (χ2n) is 7.00. The Balaban J connectivity index is 1.68. The highest BCUT2D eigenvalue weighted by Gasteiger charge is 2.46. The van der Waals surface area contributed by atoms with Crippen LogP contribution in [-0.4, -0.2) is 49.5 Å². The van der Waals surface area contributed by atoms with E-state index in [-0.39, 0.29) is 11.4 Å². The van der Waals surface area contributed by atoms with Gasteiger partial charge in [0.05, 0.1) is 24.3 Å². The van der Waals surface area contributed by atoms with Gasteiger partial charge in [0.25, 0.3) is 0 Å². The first-order valence-corrected chi connectivity index (χ1v) is 10.5. The molecular weight excluding hydrogens is 366 g/mol. The monoisotopic (exact) mass is 389 g/mol. The van der Waals surface area contributed by atoms with Crippen molar-refractivity contribution in [1.29, 1.82) is 0 Å². The van der Waals surface area contributed by atoms with Crippen LogP contribution >= 0.6 is 0 Å². The van der Waals surface area contributed by atoms with Crippen molar-refractivity contribution in [2.75, 3.05) is 26.8 Å². The summed E-state index contributed by atoms with van der Waals surface area (Å²) in [4.78, 5) is 9.18. The van der Waals surface area contributed by atoms with Gasteiger partial charge in [-0.1, -0.05) is 0 Å². The van der Waals surface area contributed by atoms with Gasteiger partial charge in [-0.2, -0.15) is 4.31 Å². The number of sulfonamides is 1. The summed E-state index contributed by atoms with van der Waals surface area (Å²) in [6.07, 6.45) is 4.07. The molecule has 7 nitrogen and oxygen atoms in total. The zero-order valence-corrected chi connectivity index (χ0v) is 16.3. The Labute approximate surface area is 159 Å². The first-order chi connectivity index (χ1) is 12.9.